The van der Waals surface area contributed by atoms with Gasteiger partial charge in [0.2, 0.25) is 0 Å². The number of aromatic nitrogens is 8. The molecule has 0 aliphatic carbocycles. The minimum Gasteiger partial charge on any atom is -0.354 e. The van der Waals surface area contributed by atoms with E-state index >= 15 is 8.78 Å². The molecule has 0 spiro atoms. The van der Waals surface area contributed by atoms with Crippen molar-refractivity contribution in [2.75, 3.05) is 0 Å². The predicted octanol–water partition coefficient (Wildman–Crippen LogP) is 23.2. The monoisotopic (exact) mass is 1350 g/mol. The van der Waals surface area contributed by atoms with Crippen LogP contribution in [0.2, 0.25) is 0 Å². The minimum absolute atomic E-state index is 0.111. The number of fused-ring (bicyclic) bond motifs is 18. The van der Waals surface area contributed by atoms with E-state index in [2.05, 4.69) is 186 Å². The van der Waals surface area contributed by atoms with E-state index in [1.54, 1.807) is 0 Å². The number of nitro groups is 2. The van der Waals surface area contributed by atoms with Crippen molar-refractivity contribution < 1.29 is 18.6 Å². The van der Waals surface area contributed by atoms with Crippen LogP contribution in [0.1, 0.15) is 89.5 Å². The number of benzene rings is 6. The standard InChI is InChI=1S/2C43H36FN5O2/c1-22-17-24(3)39(25(4)18-22)42-35-11-9-31(45-35)32-10-12-36(46-32)43(40-26(5)19-23(2)20-27(40)6)38-16-14-34(48-38)41(33-13-15-37(42)47-33)29-21-28(49(50)51)7-8-30(29)44;1-22-17-24(3)39(25(4)18-22)42-35-11-9-31(45-35)32-10-12-36(46-32)43(40-26(5)19-23(2)20-27(40)6)38-16-14-34(48-38)41(33-13-15-37(42)47-33)29-8-7-28(49(50)51)21-30(29)44/h2*7-21,45,47-48H,1-6H3. The van der Waals surface area contributed by atoms with Crippen molar-refractivity contribution in [2.45, 2.75) is 83.1 Å². The molecule has 16 heteroatoms. The maximum Gasteiger partial charge on any atom is 0.272 e. The summed E-state index contributed by atoms with van der Waals surface area (Å²) in [5, 5.41) is 23.5. The van der Waals surface area contributed by atoms with Gasteiger partial charge in [0.1, 0.15) is 11.6 Å². The number of H-pyrrole nitrogens is 6. The molecule has 504 valence electrons. The van der Waals surface area contributed by atoms with Crippen molar-refractivity contribution in [1.82, 2.24) is 39.9 Å². The minimum atomic E-state index is -0.690. The summed E-state index contributed by atoms with van der Waals surface area (Å²) in [5.74, 6) is -1.26. The van der Waals surface area contributed by atoms with E-state index in [9.17, 15) is 20.2 Å². The van der Waals surface area contributed by atoms with E-state index in [0.29, 0.717) is 33.2 Å². The van der Waals surface area contributed by atoms with E-state index in [4.69, 9.17) is 9.97 Å². The quantitative estimate of drug-likeness (QED) is 0.0644. The topological polar surface area (TPSA) is 207 Å². The van der Waals surface area contributed by atoms with Gasteiger partial charge < -0.3 is 29.9 Å². The molecule has 2 aliphatic rings. The first kappa shape index (κ1) is 65.4. The maximum atomic E-state index is 16.1. The molecule has 10 heterocycles. The molecule has 2 aliphatic heterocycles. The molecule has 0 saturated heterocycles. The highest BCUT2D eigenvalue weighted by Crippen LogP contribution is 2.44. The molecule has 16 rings (SSSR count). The average molecular weight is 1350 g/mol. The number of aryl methyl sites for hydroxylation is 12. The van der Waals surface area contributed by atoms with Crippen molar-refractivity contribution in [1.29, 1.82) is 0 Å². The lowest BCUT2D eigenvalue weighted by atomic mass is 9.92. The number of aromatic amines is 6. The lowest BCUT2D eigenvalue weighted by Crippen LogP contribution is -1.94. The second-order valence-corrected chi connectivity index (χ2v) is 27.3. The molecule has 0 fully saturated rings. The molecule has 8 aromatic heterocycles. The third-order valence-electron chi connectivity index (χ3n) is 19.7. The van der Waals surface area contributed by atoms with Gasteiger partial charge in [-0.25, -0.2) is 18.7 Å². The number of nitrogens with one attached hydrogen (secondary N) is 6. The van der Waals surface area contributed by atoms with Crippen molar-refractivity contribution in [3.05, 3.63) is 279 Å². The van der Waals surface area contributed by atoms with Gasteiger partial charge in [0.05, 0.1) is 49.7 Å². The highest BCUT2D eigenvalue weighted by atomic mass is 19.1. The number of nitro benzene ring substituents is 2. The molecule has 0 amide bonds. The molecule has 14 aromatic rings. The smallest absolute Gasteiger partial charge is 0.272 e. The molecule has 16 bridgehead atoms. The molecule has 0 radical (unpaired) electrons. The van der Waals surface area contributed by atoms with Crippen LogP contribution in [0.25, 0.3) is 157 Å². The van der Waals surface area contributed by atoms with Gasteiger partial charge in [-0.1, -0.05) is 70.8 Å². The van der Waals surface area contributed by atoms with Crippen LogP contribution in [0.15, 0.2) is 158 Å². The first-order chi connectivity index (χ1) is 48.9. The van der Waals surface area contributed by atoms with Gasteiger partial charge in [0.15, 0.2) is 0 Å². The van der Waals surface area contributed by atoms with Crippen LogP contribution in [0, 0.1) is 115 Å². The van der Waals surface area contributed by atoms with Gasteiger partial charge >= 0.3 is 0 Å². The summed E-state index contributed by atoms with van der Waals surface area (Å²) in [6.07, 6.45) is 8.16. The number of non-ortho nitro benzene ring substituents is 2. The van der Waals surface area contributed by atoms with Crippen LogP contribution < -0.4 is 0 Å². The summed E-state index contributed by atoms with van der Waals surface area (Å²) in [5.41, 5.74) is 35.1. The molecule has 102 heavy (non-hydrogen) atoms. The second-order valence-electron chi connectivity index (χ2n) is 27.3. The van der Waals surface area contributed by atoms with Crippen molar-refractivity contribution in [2.24, 2.45) is 0 Å². The summed E-state index contributed by atoms with van der Waals surface area (Å²) in [4.78, 5) is 54.7. The Kier molecular flexibility index (Phi) is 16.2. The van der Waals surface area contributed by atoms with E-state index in [0.717, 1.165) is 168 Å². The third-order valence-corrected chi connectivity index (χ3v) is 19.7. The maximum absolute atomic E-state index is 16.1. The molecule has 0 unspecified atom stereocenters. The highest BCUT2D eigenvalue weighted by Gasteiger charge is 2.25. The fourth-order valence-corrected chi connectivity index (χ4v) is 15.9. The van der Waals surface area contributed by atoms with E-state index in [1.165, 1.54) is 46.5 Å². The fraction of sp³-hybridized carbons (Fsp3) is 0.140. The SMILES string of the molecule is Cc1cc(C)c(-c2c3nc(c4ccc([nH]4)c(-c4c(C)cc(C)cc4C)c4ccc([nH]4)c(-c4cc([N+](=O)[O-])ccc4F)c4ccc2[nH]4)C=C3)c(C)c1.Cc1cc(C)c(-c2c3nc(c4ccc([nH]4)c(-c4c(C)cc(C)cc4C)c4ccc([nH]4)c(-c4ccc([N+](=O)[O-])cc4F)c4ccc2[nH]4)C=C3)c(C)c1. The number of halogens is 2. The first-order valence-corrected chi connectivity index (χ1v) is 33.8. The Morgan fingerprint density at radius 3 is 0.843 bits per heavy atom. The van der Waals surface area contributed by atoms with E-state index < -0.39 is 21.5 Å². The Bertz CT molecular complexity index is 6190. The fourth-order valence-electron chi connectivity index (χ4n) is 15.9. The predicted molar refractivity (Wildman–Crippen MR) is 413 cm³/mol. The van der Waals surface area contributed by atoms with Crippen molar-refractivity contribution >= 4 is 102 Å². The van der Waals surface area contributed by atoms with Gasteiger partial charge in [-0.05, 0) is 259 Å². The Morgan fingerprint density at radius 1 is 0.265 bits per heavy atom. The van der Waals surface area contributed by atoms with Crippen LogP contribution >= 0.6 is 0 Å². The van der Waals surface area contributed by atoms with Crippen LogP contribution in [0.4, 0.5) is 20.2 Å². The Labute approximate surface area is 586 Å². The molecule has 6 N–H and O–H groups in total. The number of nitrogens with zero attached hydrogens (tertiary/aromatic N) is 4. The number of rotatable bonds is 8. The van der Waals surface area contributed by atoms with E-state index in [1.807, 2.05) is 72.8 Å². The van der Waals surface area contributed by atoms with Crippen LogP contribution in [0.5, 0.6) is 0 Å². The Balaban J connectivity index is 0.000000165. The van der Waals surface area contributed by atoms with E-state index in [-0.39, 0.29) is 22.5 Å². The Hall–Kier alpha value is -12.6. The first-order valence-electron chi connectivity index (χ1n) is 33.8. The third kappa shape index (κ3) is 11.6. The summed E-state index contributed by atoms with van der Waals surface area (Å²) in [7, 11) is 0. The molecular weight excluding hydrogens is 1280 g/mol. The largest absolute Gasteiger partial charge is 0.354 e. The number of hydrogen-bond donors (Lipinski definition) is 6. The molecule has 0 saturated carbocycles. The normalized spacial score (nSPS) is 11.9. The van der Waals surface area contributed by atoms with Crippen molar-refractivity contribution in [3.63, 3.8) is 0 Å². The summed E-state index contributed by atoms with van der Waals surface area (Å²) in [6.45, 7) is 25.3. The van der Waals surface area contributed by atoms with Gasteiger partial charge in [-0.2, -0.15) is 0 Å². The van der Waals surface area contributed by atoms with Gasteiger partial charge in [0, 0.05) is 118 Å². The van der Waals surface area contributed by atoms with Crippen LogP contribution in [-0.2, 0) is 0 Å². The van der Waals surface area contributed by atoms with Crippen molar-refractivity contribution in [3.8, 4) is 66.8 Å². The van der Waals surface area contributed by atoms with Gasteiger partial charge in [0.25, 0.3) is 11.4 Å². The van der Waals surface area contributed by atoms with Gasteiger partial charge in [-0.3, -0.25) is 20.2 Å². The molecule has 0 atom stereocenters. The second kappa shape index (κ2) is 25.3. The zero-order valence-corrected chi connectivity index (χ0v) is 58.5. The summed E-state index contributed by atoms with van der Waals surface area (Å²) < 4.78 is 32.0. The van der Waals surface area contributed by atoms with Crippen LogP contribution in [-0.4, -0.2) is 49.7 Å². The molecule has 14 nitrogen and oxygen atoms in total. The zero-order chi connectivity index (χ0) is 71.4. The molecule has 6 aromatic carbocycles. The lowest BCUT2D eigenvalue weighted by Gasteiger charge is -2.13. The van der Waals surface area contributed by atoms with Crippen LogP contribution in [0.3, 0.4) is 0 Å². The lowest BCUT2D eigenvalue weighted by molar-refractivity contribution is -0.385. The Morgan fingerprint density at radius 2 is 0.520 bits per heavy atom. The zero-order valence-electron chi connectivity index (χ0n) is 58.5. The molecular formula is C86H72F2N10O4. The van der Waals surface area contributed by atoms with Gasteiger partial charge in [-0.15, -0.1) is 0 Å². The number of hydrogen-bond acceptors (Lipinski definition) is 6. The summed E-state index contributed by atoms with van der Waals surface area (Å²) in [6, 6.07) is 48.8. The summed E-state index contributed by atoms with van der Waals surface area (Å²) >= 11 is 0. The average Bonchev–Trinajstić information content (AvgIpc) is 1.60. The highest BCUT2D eigenvalue weighted by molar-refractivity contribution is 6.05.